The van der Waals surface area contributed by atoms with E-state index in [2.05, 4.69) is 20.3 Å². The summed E-state index contributed by atoms with van der Waals surface area (Å²) in [5.74, 6) is 0.0210. The first kappa shape index (κ1) is 18.8. The largest absolute Gasteiger partial charge is 0.382 e. The van der Waals surface area contributed by atoms with Gasteiger partial charge in [-0.05, 0) is 33.1 Å². The van der Waals surface area contributed by atoms with Crippen molar-refractivity contribution in [3.63, 3.8) is 0 Å². The molecule has 3 heterocycles. The number of nitrogens with one attached hydrogen (secondary N) is 1. The summed E-state index contributed by atoms with van der Waals surface area (Å²) < 4.78 is 6.62. The second-order valence-corrected chi connectivity index (χ2v) is 7.38. The number of ether oxygens (including phenoxy) is 1. The molecule has 1 atom stereocenters. The quantitative estimate of drug-likeness (QED) is 0.728. The highest BCUT2D eigenvalue weighted by atomic mass is 32.1. The van der Waals surface area contributed by atoms with Crippen LogP contribution in [-0.2, 0) is 9.53 Å². The number of carbonyl (C=O) groups is 1. The van der Waals surface area contributed by atoms with Gasteiger partial charge in [0.15, 0.2) is 0 Å². The van der Waals surface area contributed by atoms with E-state index in [4.69, 9.17) is 4.74 Å². The molecule has 9 heteroatoms. The van der Waals surface area contributed by atoms with Crippen molar-refractivity contribution in [1.82, 2.24) is 19.9 Å². The first-order chi connectivity index (χ1) is 12.6. The summed E-state index contributed by atoms with van der Waals surface area (Å²) in [5.41, 5.74) is 0.517. The van der Waals surface area contributed by atoms with Crippen LogP contribution in [0.1, 0.15) is 31.9 Å². The Hall–Kier alpha value is -2.00. The maximum Gasteiger partial charge on any atom is 0.275 e. The highest BCUT2D eigenvalue weighted by Gasteiger charge is 2.27. The number of fused-ring (bicyclic) bond motifs is 1. The Bertz CT molecular complexity index is 818. The van der Waals surface area contributed by atoms with Crippen molar-refractivity contribution in [3.05, 3.63) is 22.1 Å². The van der Waals surface area contributed by atoms with Gasteiger partial charge in [0.05, 0.1) is 5.92 Å². The van der Waals surface area contributed by atoms with Gasteiger partial charge in [-0.25, -0.2) is 4.98 Å². The van der Waals surface area contributed by atoms with Crippen molar-refractivity contribution in [2.45, 2.75) is 33.1 Å². The van der Waals surface area contributed by atoms with Gasteiger partial charge in [-0.2, -0.15) is 4.52 Å². The van der Waals surface area contributed by atoms with Crippen molar-refractivity contribution >= 4 is 27.3 Å². The fourth-order valence-corrected chi connectivity index (χ4v) is 4.07. The topological polar surface area (TPSA) is 88.8 Å². The second-order valence-electron chi connectivity index (χ2n) is 6.44. The Kier molecular flexibility index (Phi) is 6.20. The summed E-state index contributed by atoms with van der Waals surface area (Å²) >= 11 is 1.39. The van der Waals surface area contributed by atoms with Crippen LogP contribution in [0.25, 0.3) is 4.96 Å². The molecule has 2 aromatic heterocycles. The summed E-state index contributed by atoms with van der Waals surface area (Å²) in [6.07, 6.45) is 2.62. The monoisotopic (exact) mass is 379 g/mol. The lowest BCUT2D eigenvalue weighted by Gasteiger charge is -2.31. The number of anilines is 1. The summed E-state index contributed by atoms with van der Waals surface area (Å²) in [6.45, 7) is 7.21. The van der Waals surface area contributed by atoms with Gasteiger partial charge >= 0.3 is 0 Å². The second kappa shape index (κ2) is 8.59. The van der Waals surface area contributed by atoms with E-state index in [0.717, 1.165) is 30.9 Å². The van der Waals surface area contributed by atoms with E-state index in [1.54, 1.807) is 6.92 Å². The molecule has 142 valence electrons. The fraction of sp³-hybridized carbons (Fsp3) is 0.647. The molecule has 8 nitrogen and oxygen atoms in total. The average molecular weight is 379 g/mol. The third-order valence-electron chi connectivity index (χ3n) is 4.39. The van der Waals surface area contributed by atoms with Gasteiger partial charge in [-0.15, -0.1) is 5.10 Å². The van der Waals surface area contributed by atoms with E-state index in [9.17, 15) is 9.59 Å². The minimum absolute atomic E-state index is 0.0609. The van der Waals surface area contributed by atoms with Crippen molar-refractivity contribution in [2.75, 3.05) is 37.7 Å². The van der Waals surface area contributed by atoms with Crippen LogP contribution in [0.3, 0.4) is 0 Å². The Labute approximate surface area is 156 Å². The molecule has 0 radical (unpaired) electrons. The summed E-state index contributed by atoms with van der Waals surface area (Å²) in [6, 6.07) is 1.48. The smallest absolute Gasteiger partial charge is 0.275 e. The van der Waals surface area contributed by atoms with Crippen LogP contribution in [0.5, 0.6) is 0 Å². The molecule has 3 rings (SSSR count). The number of piperidine rings is 1. The van der Waals surface area contributed by atoms with Crippen molar-refractivity contribution in [2.24, 2.45) is 5.92 Å². The molecule has 1 aliphatic heterocycles. The normalized spacial score (nSPS) is 17.6. The minimum Gasteiger partial charge on any atom is -0.382 e. The predicted octanol–water partition coefficient (Wildman–Crippen LogP) is 1.22. The maximum atomic E-state index is 12.4. The third kappa shape index (κ3) is 4.39. The number of aromatic nitrogens is 3. The van der Waals surface area contributed by atoms with Crippen LogP contribution in [0, 0.1) is 12.8 Å². The number of rotatable bonds is 7. The number of amides is 1. The van der Waals surface area contributed by atoms with Gasteiger partial charge in [-0.1, -0.05) is 11.3 Å². The van der Waals surface area contributed by atoms with E-state index in [1.165, 1.54) is 21.9 Å². The Balaban J connectivity index is 1.62. The molecular formula is C17H25N5O3S. The minimum atomic E-state index is -0.171. The van der Waals surface area contributed by atoms with Gasteiger partial charge < -0.3 is 15.0 Å². The molecule has 26 heavy (non-hydrogen) atoms. The van der Waals surface area contributed by atoms with Gasteiger partial charge in [0.25, 0.3) is 5.56 Å². The summed E-state index contributed by atoms with van der Waals surface area (Å²) in [4.78, 5) is 31.5. The molecule has 0 bridgehead atoms. The number of hydrogen-bond donors (Lipinski definition) is 1. The first-order valence-corrected chi connectivity index (χ1v) is 9.88. The maximum absolute atomic E-state index is 12.4. The SMILES string of the molecule is CCOCCCNC(=O)[C@@H]1CCCN(c2nn3c(=O)cc(C)nc3s2)C1. The number of carbonyl (C=O) groups excluding carboxylic acids is 1. The number of nitrogens with zero attached hydrogens (tertiary/aromatic N) is 4. The van der Waals surface area contributed by atoms with Crippen LogP contribution in [0.2, 0.25) is 0 Å². The van der Waals surface area contributed by atoms with E-state index >= 15 is 0 Å². The van der Waals surface area contributed by atoms with Crippen molar-refractivity contribution in [3.8, 4) is 0 Å². The van der Waals surface area contributed by atoms with Gasteiger partial charge in [0.1, 0.15) is 0 Å². The number of hydrogen-bond acceptors (Lipinski definition) is 7. The van der Waals surface area contributed by atoms with E-state index in [0.29, 0.717) is 37.0 Å². The van der Waals surface area contributed by atoms with Crippen LogP contribution < -0.4 is 15.8 Å². The highest BCUT2D eigenvalue weighted by molar-refractivity contribution is 7.20. The molecule has 1 amide bonds. The molecular weight excluding hydrogens is 354 g/mol. The molecule has 0 aromatic carbocycles. The predicted molar refractivity (Wildman–Crippen MR) is 101 cm³/mol. The standard InChI is InChI=1S/C17H25N5O3S/c1-3-25-9-5-7-18-15(24)13-6-4-8-21(11-13)17-20-22-14(23)10-12(2)19-16(22)26-17/h10,13H,3-9,11H2,1-2H3,(H,18,24)/t13-/m1/s1. The van der Waals surface area contributed by atoms with Crippen LogP contribution in [0.15, 0.2) is 10.9 Å². The first-order valence-electron chi connectivity index (χ1n) is 9.06. The molecule has 1 N–H and O–H groups in total. The average Bonchev–Trinajstić information content (AvgIpc) is 3.06. The van der Waals surface area contributed by atoms with Crippen LogP contribution in [-0.4, -0.2) is 53.4 Å². The zero-order valence-corrected chi connectivity index (χ0v) is 16.0. The molecule has 1 saturated heterocycles. The highest BCUT2D eigenvalue weighted by Crippen LogP contribution is 2.26. The Morgan fingerprint density at radius 1 is 1.50 bits per heavy atom. The Morgan fingerprint density at radius 3 is 3.15 bits per heavy atom. The summed E-state index contributed by atoms with van der Waals surface area (Å²) in [7, 11) is 0. The molecule has 0 unspecified atom stereocenters. The van der Waals surface area contributed by atoms with E-state index < -0.39 is 0 Å². The van der Waals surface area contributed by atoms with Crippen molar-refractivity contribution < 1.29 is 9.53 Å². The fourth-order valence-electron chi connectivity index (χ4n) is 3.08. The lowest BCUT2D eigenvalue weighted by molar-refractivity contribution is -0.125. The van der Waals surface area contributed by atoms with Crippen molar-refractivity contribution in [1.29, 1.82) is 0 Å². The summed E-state index contributed by atoms with van der Waals surface area (Å²) in [5, 5.41) is 8.15. The Morgan fingerprint density at radius 2 is 2.35 bits per heavy atom. The van der Waals surface area contributed by atoms with E-state index in [1.807, 2.05) is 6.92 Å². The van der Waals surface area contributed by atoms with E-state index in [-0.39, 0.29) is 17.4 Å². The van der Waals surface area contributed by atoms with Gasteiger partial charge in [0, 0.05) is 44.6 Å². The van der Waals surface area contributed by atoms with Gasteiger partial charge in [-0.3, -0.25) is 9.59 Å². The zero-order valence-electron chi connectivity index (χ0n) is 15.2. The van der Waals surface area contributed by atoms with Crippen LogP contribution >= 0.6 is 11.3 Å². The third-order valence-corrected chi connectivity index (χ3v) is 5.36. The molecule has 0 saturated carbocycles. The van der Waals surface area contributed by atoms with Gasteiger partial charge in [0.2, 0.25) is 16.0 Å². The number of aryl methyl sites for hydroxylation is 1. The molecule has 1 aliphatic rings. The molecule has 1 fully saturated rings. The zero-order chi connectivity index (χ0) is 18.5. The molecule has 2 aromatic rings. The van der Waals surface area contributed by atoms with Crippen LogP contribution in [0.4, 0.5) is 5.13 Å². The lowest BCUT2D eigenvalue weighted by Crippen LogP contribution is -2.43. The molecule has 0 aliphatic carbocycles. The lowest BCUT2D eigenvalue weighted by atomic mass is 9.97. The molecule has 0 spiro atoms.